The minimum Gasteiger partial charge on any atom is -0.619 e. The second-order valence-corrected chi connectivity index (χ2v) is 11.9. The summed E-state index contributed by atoms with van der Waals surface area (Å²) in [5.74, 6) is 0.907. The molecule has 0 unspecified atom stereocenters. The van der Waals surface area contributed by atoms with Crippen LogP contribution in [0.4, 0.5) is 0 Å². The molecule has 0 aliphatic carbocycles. The van der Waals surface area contributed by atoms with E-state index in [0.717, 1.165) is 67.7 Å². The number of aromatic nitrogens is 1. The molecule has 4 N–H and O–H groups in total. The smallest absolute Gasteiger partial charge is 0.223 e. The number of hydrogen-bond acceptors (Lipinski definition) is 6. The number of aryl methyl sites for hydroxylation is 1. The molecule has 0 spiro atoms. The molecule has 38 heavy (non-hydrogen) atoms. The minimum atomic E-state index is -0.756. The molecule has 8 nitrogen and oxygen atoms in total. The van der Waals surface area contributed by atoms with Gasteiger partial charge in [-0.2, -0.15) is 4.73 Å². The molecule has 0 saturated carbocycles. The van der Waals surface area contributed by atoms with Crippen molar-refractivity contribution in [3.63, 3.8) is 0 Å². The molecule has 0 bridgehead atoms. The number of rotatable bonds is 17. The van der Waals surface area contributed by atoms with Gasteiger partial charge in [-0.25, -0.2) is 0 Å². The Kier molecular flexibility index (Phi) is 14.6. The van der Waals surface area contributed by atoms with Crippen LogP contribution in [0.25, 0.3) is 0 Å². The van der Waals surface area contributed by atoms with E-state index in [1.54, 1.807) is 13.3 Å². The second kappa shape index (κ2) is 17.1. The third kappa shape index (κ3) is 11.2. The van der Waals surface area contributed by atoms with Crippen molar-refractivity contribution in [1.82, 2.24) is 5.32 Å². The van der Waals surface area contributed by atoms with Gasteiger partial charge in [-0.15, -0.1) is 0 Å². The van der Waals surface area contributed by atoms with Crippen molar-refractivity contribution in [3.05, 3.63) is 34.8 Å². The number of nitrogens with one attached hydrogen (secondary N) is 1. The number of nitrogens with two attached hydrogens (primary N) is 1. The molecular formula is C30H53N3O5. The Hall–Kier alpha value is -1.74. The first kappa shape index (κ1) is 32.5. The quantitative estimate of drug-likeness (QED) is 0.160. The van der Waals surface area contributed by atoms with E-state index in [0.29, 0.717) is 37.8 Å². The number of amides is 1. The Morgan fingerprint density at radius 3 is 2.55 bits per heavy atom. The van der Waals surface area contributed by atoms with E-state index >= 15 is 0 Å². The number of ether oxygens (including phenoxy) is 2. The number of hydrogen-bond donors (Lipinski definition) is 3. The zero-order valence-corrected chi connectivity index (χ0v) is 24.4. The third-order valence-electron chi connectivity index (χ3n) is 8.14. The van der Waals surface area contributed by atoms with E-state index in [4.69, 9.17) is 15.2 Å². The van der Waals surface area contributed by atoms with E-state index in [2.05, 4.69) is 19.2 Å². The van der Waals surface area contributed by atoms with E-state index in [-0.39, 0.29) is 23.7 Å². The van der Waals surface area contributed by atoms with Crippen LogP contribution in [0.3, 0.4) is 0 Å². The standard InChI is InChI=1S/C30H53N3O5/c1-21(2)25(16-24-9-12-33(36)26(17-24)8-6-7-13-37-5)18-28(31)29(34)19-27(22(3)4)30(35)32-20-23-10-14-38-15-11-23/h9,12,17,21-23,25,27-29,34H,6-8,10-11,13-16,18-20,31H2,1-5H3,(H,32,35)/t25-,27-,28-,29-/m0/s1. The molecule has 1 aliphatic rings. The molecule has 1 aromatic heterocycles. The Morgan fingerprint density at radius 2 is 1.92 bits per heavy atom. The van der Waals surface area contributed by atoms with Gasteiger partial charge in [0.25, 0.3) is 0 Å². The molecule has 1 aromatic rings. The number of carbonyl (C=O) groups is 1. The van der Waals surface area contributed by atoms with Crippen LogP contribution in [0.1, 0.15) is 77.5 Å². The van der Waals surface area contributed by atoms with Gasteiger partial charge in [0, 0.05) is 64.0 Å². The van der Waals surface area contributed by atoms with Gasteiger partial charge >= 0.3 is 0 Å². The average molecular weight is 536 g/mol. The molecule has 4 atom stereocenters. The van der Waals surface area contributed by atoms with Gasteiger partial charge in [0.2, 0.25) is 5.91 Å². The zero-order chi connectivity index (χ0) is 28.1. The predicted molar refractivity (Wildman–Crippen MR) is 150 cm³/mol. The summed E-state index contributed by atoms with van der Waals surface area (Å²) in [6, 6.07) is 3.48. The van der Waals surface area contributed by atoms with Crippen LogP contribution in [-0.2, 0) is 27.1 Å². The highest BCUT2D eigenvalue weighted by Crippen LogP contribution is 2.26. The van der Waals surface area contributed by atoms with Crippen LogP contribution in [0.15, 0.2) is 18.3 Å². The number of unbranched alkanes of at least 4 members (excludes halogenated alkanes) is 1. The van der Waals surface area contributed by atoms with Gasteiger partial charge in [-0.1, -0.05) is 27.7 Å². The highest BCUT2D eigenvalue weighted by molar-refractivity contribution is 5.78. The molecule has 1 saturated heterocycles. The highest BCUT2D eigenvalue weighted by Gasteiger charge is 2.30. The SMILES string of the molecule is COCCCCc1cc(C[C@@H](C[C@H](N)[C@@H](O)C[C@H](C(=O)NCC2CCOCC2)C(C)C)C(C)C)cc[n+]1[O-]. The molecule has 218 valence electrons. The average Bonchev–Trinajstić information content (AvgIpc) is 2.89. The van der Waals surface area contributed by atoms with Crippen molar-refractivity contribution in [2.75, 3.05) is 33.5 Å². The third-order valence-corrected chi connectivity index (χ3v) is 8.14. The van der Waals surface area contributed by atoms with Crippen molar-refractivity contribution in [1.29, 1.82) is 0 Å². The second-order valence-electron chi connectivity index (χ2n) is 11.9. The van der Waals surface area contributed by atoms with E-state index in [1.165, 1.54) is 0 Å². The summed E-state index contributed by atoms with van der Waals surface area (Å²) >= 11 is 0. The van der Waals surface area contributed by atoms with E-state index in [9.17, 15) is 15.1 Å². The summed E-state index contributed by atoms with van der Waals surface area (Å²) in [7, 11) is 1.69. The topological polar surface area (TPSA) is 121 Å². The molecular weight excluding hydrogens is 482 g/mol. The van der Waals surface area contributed by atoms with Crippen LogP contribution in [0.2, 0.25) is 0 Å². The van der Waals surface area contributed by atoms with Crippen LogP contribution >= 0.6 is 0 Å². The van der Waals surface area contributed by atoms with Crippen molar-refractivity contribution >= 4 is 5.91 Å². The fourth-order valence-electron chi connectivity index (χ4n) is 5.29. The lowest BCUT2D eigenvalue weighted by atomic mass is 9.81. The highest BCUT2D eigenvalue weighted by atomic mass is 16.5. The number of carbonyl (C=O) groups excluding carboxylic acids is 1. The van der Waals surface area contributed by atoms with Gasteiger partial charge in [-0.05, 0) is 74.2 Å². The lowest BCUT2D eigenvalue weighted by molar-refractivity contribution is -0.614. The summed E-state index contributed by atoms with van der Waals surface area (Å²) in [4.78, 5) is 13.0. The van der Waals surface area contributed by atoms with Crippen LogP contribution in [-0.4, -0.2) is 56.6 Å². The molecule has 2 heterocycles. The fourth-order valence-corrected chi connectivity index (χ4v) is 5.29. The van der Waals surface area contributed by atoms with Crippen LogP contribution in [0.5, 0.6) is 0 Å². The molecule has 8 heteroatoms. The summed E-state index contributed by atoms with van der Waals surface area (Å²) < 4.78 is 11.5. The molecule has 1 amide bonds. The summed E-state index contributed by atoms with van der Waals surface area (Å²) in [6.07, 6.45) is 7.15. The van der Waals surface area contributed by atoms with Gasteiger partial charge in [-0.3, -0.25) is 4.79 Å². The summed E-state index contributed by atoms with van der Waals surface area (Å²) in [5.41, 5.74) is 8.43. The van der Waals surface area contributed by atoms with Crippen molar-refractivity contribution in [3.8, 4) is 0 Å². The lowest BCUT2D eigenvalue weighted by Gasteiger charge is -2.30. The van der Waals surface area contributed by atoms with Crippen LogP contribution in [0, 0.1) is 34.8 Å². The Labute approximate surface area is 230 Å². The van der Waals surface area contributed by atoms with Gasteiger partial charge in [0.15, 0.2) is 11.9 Å². The number of nitrogens with zero attached hydrogens (tertiary/aromatic N) is 1. The lowest BCUT2D eigenvalue weighted by Crippen LogP contribution is -2.43. The first-order valence-electron chi connectivity index (χ1n) is 14.6. The molecule has 1 fully saturated rings. The number of aliphatic hydroxyl groups excluding tert-OH is 1. The number of pyridine rings is 1. The molecule has 0 aromatic carbocycles. The first-order valence-corrected chi connectivity index (χ1v) is 14.6. The number of methoxy groups -OCH3 is 1. The maximum atomic E-state index is 13.0. The van der Waals surface area contributed by atoms with Crippen molar-refractivity contribution in [2.24, 2.45) is 35.3 Å². The summed E-state index contributed by atoms with van der Waals surface area (Å²) in [6.45, 7) is 11.3. The Morgan fingerprint density at radius 1 is 1.21 bits per heavy atom. The first-order chi connectivity index (χ1) is 18.1. The normalized spacial score (nSPS) is 17.9. The maximum Gasteiger partial charge on any atom is 0.223 e. The minimum absolute atomic E-state index is 0.00591. The van der Waals surface area contributed by atoms with E-state index < -0.39 is 12.1 Å². The summed E-state index contributed by atoms with van der Waals surface area (Å²) in [5, 5.41) is 26.4. The van der Waals surface area contributed by atoms with Crippen molar-refractivity contribution in [2.45, 2.75) is 91.2 Å². The van der Waals surface area contributed by atoms with Crippen LogP contribution < -0.4 is 15.8 Å². The van der Waals surface area contributed by atoms with Gasteiger partial charge < -0.3 is 30.8 Å². The Bertz CT molecular complexity index is 813. The monoisotopic (exact) mass is 535 g/mol. The molecule has 1 aliphatic heterocycles. The zero-order valence-electron chi connectivity index (χ0n) is 24.4. The maximum absolute atomic E-state index is 13.0. The largest absolute Gasteiger partial charge is 0.619 e. The van der Waals surface area contributed by atoms with Gasteiger partial charge in [0.1, 0.15) is 0 Å². The fraction of sp³-hybridized carbons (Fsp3) is 0.800. The van der Waals surface area contributed by atoms with Gasteiger partial charge in [0.05, 0.1) is 6.10 Å². The van der Waals surface area contributed by atoms with E-state index in [1.807, 2.05) is 26.0 Å². The molecule has 2 rings (SSSR count). The predicted octanol–water partition coefficient (Wildman–Crippen LogP) is 3.39. The number of aliphatic hydroxyl groups is 1. The molecule has 0 radical (unpaired) electrons. The Balaban J connectivity index is 1.94. The van der Waals surface area contributed by atoms with Crippen molar-refractivity contribution < 1.29 is 24.1 Å².